The molecule has 58 valence electrons. The van der Waals surface area contributed by atoms with E-state index in [-0.39, 0.29) is 0 Å². The first kappa shape index (κ1) is 7.21. The molecule has 0 fully saturated rings. The minimum atomic E-state index is 0.527. The van der Waals surface area contributed by atoms with Crippen LogP contribution in [0.15, 0.2) is 17.2 Å². The van der Waals surface area contributed by atoms with Gasteiger partial charge < -0.3 is 5.32 Å². The third-order valence-corrected chi connectivity index (χ3v) is 2.41. The number of hydrogen-bond donors (Lipinski definition) is 2. The van der Waals surface area contributed by atoms with Crippen LogP contribution >= 0.6 is 23.5 Å². The zero-order valence-electron chi connectivity index (χ0n) is 5.60. The second kappa shape index (κ2) is 2.89. The van der Waals surface area contributed by atoms with Gasteiger partial charge in [0.25, 0.3) is 0 Å². The van der Waals surface area contributed by atoms with Crippen molar-refractivity contribution in [1.82, 2.24) is 9.71 Å². The summed E-state index contributed by atoms with van der Waals surface area (Å²) in [7, 11) is 0. The highest BCUT2D eigenvalue weighted by Crippen LogP contribution is 2.28. The van der Waals surface area contributed by atoms with Crippen LogP contribution < -0.4 is 10.0 Å². The number of hydrogen-bond acceptors (Lipinski definition) is 4. The molecule has 5 heteroatoms. The molecule has 2 rings (SSSR count). The van der Waals surface area contributed by atoms with Gasteiger partial charge in [-0.25, -0.2) is 9.71 Å². The Hall–Kier alpha value is -0.450. The zero-order valence-corrected chi connectivity index (χ0v) is 7.17. The van der Waals surface area contributed by atoms with Gasteiger partial charge in [-0.1, -0.05) is 11.6 Å². The van der Waals surface area contributed by atoms with E-state index in [1.807, 2.05) is 6.07 Å². The molecular weight excluding hydrogens is 182 g/mol. The fourth-order valence-corrected chi connectivity index (χ4v) is 1.69. The van der Waals surface area contributed by atoms with E-state index in [1.54, 1.807) is 18.1 Å². The summed E-state index contributed by atoms with van der Waals surface area (Å²) in [6.45, 7) is 0.762. The molecule has 0 unspecified atom stereocenters. The van der Waals surface area contributed by atoms with Crippen molar-refractivity contribution in [3.63, 3.8) is 0 Å². The minimum Gasteiger partial charge on any atom is -0.371 e. The lowest BCUT2D eigenvalue weighted by Crippen LogP contribution is -2.20. The third kappa shape index (κ3) is 1.42. The molecule has 0 saturated carbocycles. The number of rotatable bonds is 0. The topological polar surface area (TPSA) is 37.0 Å². The summed E-state index contributed by atoms with van der Waals surface area (Å²) in [6.07, 6.45) is 1.75. The van der Waals surface area contributed by atoms with Gasteiger partial charge in [0.2, 0.25) is 0 Å². The van der Waals surface area contributed by atoms with E-state index < -0.39 is 0 Å². The van der Waals surface area contributed by atoms with E-state index in [1.165, 1.54) is 0 Å². The number of anilines is 1. The Balaban J connectivity index is 2.43. The highest BCUT2D eigenvalue weighted by molar-refractivity contribution is 7.97. The molecule has 0 atom stereocenters. The van der Waals surface area contributed by atoms with Gasteiger partial charge in [0.1, 0.15) is 5.15 Å². The van der Waals surface area contributed by atoms with E-state index in [9.17, 15) is 0 Å². The SMILES string of the molecule is Clc1cc2c(cn1)SNCN2. The summed E-state index contributed by atoms with van der Waals surface area (Å²) in [5.74, 6) is 0. The van der Waals surface area contributed by atoms with Gasteiger partial charge >= 0.3 is 0 Å². The predicted molar refractivity (Wildman–Crippen MR) is 46.7 cm³/mol. The first-order valence-electron chi connectivity index (χ1n) is 3.15. The molecule has 0 aromatic carbocycles. The molecule has 2 heterocycles. The van der Waals surface area contributed by atoms with Crippen LogP contribution in [0.1, 0.15) is 0 Å². The lowest BCUT2D eigenvalue weighted by atomic mass is 10.4. The fraction of sp³-hybridized carbons (Fsp3) is 0.167. The van der Waals surface area contributed by atoms with Crippen LogP contribution in [-0.2, 0) is 0 Å². The number of fused-ring (bicyclic) bond motifs is 1. The van der Waals surface area contributed by atoms with E-state index in [0.717, 1.165) is 17.3 Å². The van der Waals surface area contributed by atoms with Crippen LogP contribution in [0, 0.1) is 0 Å². The monoisotopic (exact) mass is 187 g/mol. The first-order valence-corrected chi connectivity index (χ1v) is 4.35. The number of nitrogens with one attached hydrogen (secondary N) is 2. The number of halogens is 1. The first-order chi connectivity index (χ1) is 5.36. The van der Waals surface area contributed by atoms with Crippen molar-refractivity contribution in [3.8, 4) is 0 Å². The van der Waals surface area contributed by atoms with E-state index in [4.69, 9.17) is 11.6 Å². The summed E-state index contributed by atoms with van der Waals surface area (Å²) in [5, 5.41) is 3.67. The van der Waals surface area contributed by atoms with Gasteiger partial charge in [-0.3, -0.25) is 0 Å². The van der Waals surface area contributed by atoms with Crippen molar-refractivity contribution in [2.75, 3.05) is 12.0 Å². The Kier molecular flexibility index (Phi) is 1.89. The second-order valence-corrected chi connectivity index (χ2v) is 3.42. The molecule has 11 heavy (non-hydrogen) atoms. The van der Waals surface area contributed by atoms with E-state index in [2.05, 4.69) is 15.0 Å². The lowest BCUT2D eigenvalue weighted by molar-refractivity contribution is 1.00. The molecule has 0 saturated heterocycles. The normalized spacial score (nSPS) is 15.4. The molecule has 0 spiro atoms. The predicted octanol–water partition coefficient (Wildman–Crippen LogP) is 1.71. The molecule has 0 radical (unpaired) electrons. The molecule has 1 aromatic rings. The molecule has 1 aliphatic heterocycles. The van der Waals surface area contributed by atoms with Crippen LogP contribution in [0.3, 0.4) is 0 Å². The Labute approximate surface area is 73.7 Å². The van der Waals surface area contributed by atoms with Crippen LogP contribution in [0.25, 0.3) is 0 Å². The van der Waals surface area contributed by atoms with Crippen molar-refractivity contribution in [1.29, 1.82) is 0 Å². The van der Waals surface area contributed by atoms with Crippen LogP contribution in [0.2, 0.25) is 5.15 Å². The van der Waals surface area contributed by atoms with Crippen molar-refractivity contribution in [2.24, 2.45) is 0 Å². The van der Waals surface area contributed by atoms with Crippen molar-refractivity contribution >= 4 is 29.2 Å². The Bertz CT molecular complexity index is 279. The summed E-state index contributed by atoms with van der Waals surface area (Å²) in [5.41, 5.74) is 1.05. The number of nitrogens with zero attached hydrogens (tertiary/aromatic N) is 1. The van der Waals surface area contributed by atoms with Crippen LogP contribution in [0.4, 0.5) is 5.69 Å². The van der Waals surface area contributed by atoms with Crippen LogP contribution in [-0.4, -0.2) is 11.7 Å². The molecule has 1 aromatic heterocycles. The fourth-order valence-electron chi connectivity index (χ4n) is 0.882. The summed E-state index contributed by atoms with van der Waals surface area (Å²) in [6, 6.07) is 1.82. The van der Waals surface area contributed by atoms with Gasteiger partial charge in [0.05, 0.1) is 17.3 Å². The molecule has 0 bridgehead atoms. The minimum absolute atomic E-state index is 0.527. The largest absolute Gasteiger partial charge is 0.371 e. The Morgan fingerprint density at radius 1 is 1.64 bits per heavy atom. The van der Waals surface area contributed by atoms with E-state index >= 15 is 0 Å². The quantitative estimate of drug-likeness (QED) is 0.479. The van der Waals surface area contributed by atoms with Crippen molar-refractivity contribution in [2.45, 2.75) is 4.90 Å². The molecule has 1 aliphatic rings. The third-order valence-electron chi connectivity index (χ3n) is 1.37. The maximum absolute atomic E-state index is 5.70. The average Bonchev–Trinajstić information content (AvgIpc) is 2.04. The summed E-state index contributed by atoms with van der Waals surface area (Å²) >= 11 is 7.26. The number of aromatic nitrogens is 1. The highest BCUT2D eigenvalue weighted by Gasteiger charge is 2.08. The zero-order chi connectivity index (χ0) is 7.68. The Morgan fingerprint density at radius 3 is 3.45 bits per heavy atom. The van der Waals surface area contributed by atoms with Gasteiger partial charge in [-0.05, 0) is 18.0 Å². The summed E-state index contributed by atoms with van der Waals surface area (Å²) in [4.78, 5) is 5.04. The maximum Gasteiger partial charge on any atom is 0.131 e. The smallest absolute Gasteiger partial charge is 0.131 e. The van der Waals surface area contributed by atoms with Gasteiger partial charge in [-0.2, -0.15) is 0 Å². The average molecular weight is 188 g/mol. The van der Waals surface area contributed by atoms with Gasteiger partial charge in [0.15, 0.2) is 0 Å². The second-order valence-electron chi connectivity index (χ2n) is 2.10. The lowest BCUT2D eigenvalue weighted by Gasteiger charge is -2.17. The standard InChI is InChI=1S/C6H6ClN3S/c7-6-1-4-5(2-8-6)11-10-3-9-4/h1-2,9-10H,3H2. The number of pyridine rings is 1. The van der Waals surface area contributed by atoms with E-state index in [0.29, 0.717) is 5.15 Å². The highest BCUT2D eigenvalue weighted by atomic mass is 35.5. The van der Waals surface area contributed by atoms with Crippen molar-refractivity contribution < 1.29 is 0 Å². The van der Waals surface area contributed by atoms with Crippen molar-refractivity contribution in [3.05, 3.63) is 17.4 Å². The maximum atomic E-state index is 5.70. The molecule has 2 N–H and O–H groups in total. The van der Waals surface area contributed by atoms with Crippen LogP contribution in [0.5, 0.6) is 0 Å². The molecule has 3 nitrogen and oxygen atoms in total. The molecule has 0 amide bonds. The Morgan fingerprint density at radius 2 is 2.55 bits per heavy atom. The van der Waals surface area contributed by atoms with Gasteiger partial charge in [-0.15, -0.1) is 0 Å². The molecular formula is C6H6ClN3S. The van der Waals surface area contributed by atoms with Gasteiger partial charge in [0, 0.05) is 6.20 Å². The molecule has 0 aliphatic carbocycles. The summed E-state index contributed by atoms with van der Waals surface area (Å²) < 4.78 is 3.08.